The van der Waals surface area contributed by atoms with Crippen LogP contribution in [0, 0.1) is 12.8 Å². The van der Waals surface area contributed by atoms with Gasteiger partial charge in [-0.05, 0) is 101 Å². The van der Waals surface area contributed by atoms with Gasteiger partial charge in [-0.15, -0.1) is 0 Å². The molecule has 0 bridgehead atoms. The number of hydrogen-bond donors (Lipinski definition) is 1. The van der Waals surface area contributed by atoms with Crippen LogP contribution >= 0.6 is 0 Å². The number of piperidine rings is 1. The smallest absolute Gasteiger partial charge is 0.316 e. The van der Waals surface area contributed by atoms with Crippen LogP contribution in [0.15, 0.2) is 30.3 Å². The van der Waals surface area contributed by atoms with Crippen molar-refractivity contribution in [1.82, 2.24) is 20.2 Å². The minimum atomic E-state index is 0.534. The van der Waals surface area contributed by atoms with Gasteiger partial charge in [-0.25, -0.2) is 4.98 Å². The molecule has 0 atom stereocenters. The summed E-state index contributed by atoms with van der Waals surface area (Å²) in [6, 6.07) is 12.1. The second-order valence-electron chi connectivity index (χ2n) is 9.81. The van der Waals surface area contributed by atoms with E-state index in [-0.39, 0.29) is 0 Å². The van der Waals surface area contributed by atoms with Gasteiger partial charge in [0.05, 0.1) is 12.3 Å². The average molecular weight is 421 g/mol. The fraction of sp³-hybridized carbons (Fsp3) is 0.615. The third-order valence-corrected chi connectivity index (χ3v) is 7.35. The van der Waals surface area contributed by atoms with Crippen LogP contribution in [0.5, 0.6) is 6.01 Å². The Bertz CT molecular complexity index is 850. The molecule has 5 heteroatoms. The van der Waals surface area contributed by atoms with Gasteiger partial charge in [-0.2, -0.15) is 4.98 Å². The first-order chi connectivity index (χ1) is 15.2. The van der Waals surface area contributed by atoms with Crippen molar-refractivity contribution >= 4 is 0 Å². The van der Waals surface area contributed by atoms with Crippen molar-refractivity contribution in [3.05, 3.63) is 52.8 Å². The largest absolute Gasteiger partial charge is 0.463 e. The van der Waals surface area contributed by atoms with Crippen molar-refractivity contribution in [2.24, 2.45) is 5.92 Å². The maximum atomic E-state index is 6.06. The van der Waals surface area contributed by atoms with Crippen LogP contribution in [-0.4, -0.2) is 47.7 Å². The highest BCUT2D eigenvalue weighted by atomic mass is 16.5. The second-order valence-corrected chi connectivity index (χ2v) is 9.81. The molecule has 5 nitrogen and oxygen atoms in total. The second kappa shape index (κ2) is 9.66. The van der Waals surface area contributed by atoms with Crippen molar-refractivity contribution in [3.8, 4) is 6.01 Å². The Labute approximate surface area is 186 Å². The Kier molecular flexibility index (Phi) is 6.51. The molecule has 2 aromatic rings. The van der Waals surface area contributed by atoms with Gasteiger partial charge in [0.15, 0.2) is 0 Å². The van der Waals surface area contributed by atoms with E-state index in [2.05, 4.69) is 45.5 Å². The standard InChI is InChI=1S/C26H36N4O/c1-19-14-25(23-8-10-27-11-9-23)29-26(28-19)31-18-21-15-24(16-21)22-6-4-20(5-7-22)17-30-12-2-3-13-30/h4-7,14,21,23-24,27H,2-3,8-13,15-18H2,1H3. The monoisotopic (exact) mass is 420 g/mol. The van der Waals surface area contributed by atoms with E-state index in [1.165, 1.54) is 49.9 Å². The van der Waals surface area contributed by atoms with Crippen molar-refractivity contribution in [2.45, 2.75) is 63.8 Å². The first-order valence-corrected chi connectivity index (χ1v) is 12.2. The molecule has 0 unspecified atom stereocenters. The Balaban J connectivity index is 1.10. The molecular weight excluding hydrogens is 384 g/mol. The minimum absolute atomic E-state index is 0.534. The van der Waals surface area contributed by atoms with Crippen molar-refractivity contribution < 1.29 is 4.74 Å². The zero-order valence-corrected chi connectivity index (χ0v) is 18.9. The van der Waals surface area contributed by atoms with E-state index >= 15 is 0 Å². The Hall–Kier alpha value is -1.98. The predicted octanol–water partition coefficient (Wildman–Crippen LogP) is 4.42. The minimum Gasteiger partial charge on any atom is -0.463 e. The number of benzene rings is 1. The van der Waals surface area contributed by atoms with Crippen molar-refractivity contribution in [3.63, 3.8) is 0 Å². The summed E-state index contributed by atoms with van der Waals surface area (Å²) in [4.78, 5) is 11.9. The number of rotatable bonds is 7. The highest BCUT2D eigenvalue weighted by Gasteiger charge is 2.31. The molecule has 0 radical (unpaired) electrons. The molecule has 1 aliphatic carbocycles. The Morgan fingerprint density at radius 3 is 2.48 bits per heavy atom. The van der Waals surface area contributed by atoms with Gasteiger partial charge in [-0.3, -0.25) is 4.90 Å². The maximum absolute atomic E-state index is 6.06. The molecule has 5 rings (SSSR count). The quantitative estimate of drug-likeness (QED) is 0.719. The molecule has 31 heavy (non-hydrogen) atoms. The van der Waals surface area contributed by atoms with Gasteiger partial charge in [0.1, 0.15) is 0 Å². The third-order valence-electron chi connectivity index (χ3n) is 7.35. The molecule has 1 N–H and O–H groups in total. The highest BCUT2D eigenvalue weighted by molar-refractivity contribution is 5.27. The molecule has 0 spiro atoms. The lowest BCUT2D eigenvalue weighted by atomic mass is 9.72. The van der Waals surface area contributed by atoms with E-state index in [1.54, 1.807) is 0 Å². The number of nitrogens with one attached hydrogen (secondary N) is 1. The third kappa shape index (κ3) is 5.27. The summed E-state index contributed by atoms with van der Waals surface area (Å²) in [7, 11) is 0. The zero-order chi connectivity index (χ0) is 21.0. The maximum Gasteiger partial charge on any atom is 0.316 e. The molecular formula is C26H36N4O. The molecule has 2 aliphatic heterocycles. The number of hydrogen-bond acceptors (Lipinski definition) is 5. The lowest BCUT2D eigenvalue weighted by molar-refractivity contribution is 0.149. The van der Waals surface area contributed by atoms with Gasteiger partial charge in [0.25, 0.3) is 0 Å². The number of likely N-dealkylation sites (tertiary alicyclic amines) is 1. The molecule has 3 aliphatic rings. The SMILES string of the molecule is Cc1cc(C2CCNCC2)nc(OCC2CC(c3ccc(CN4CCCC4)cc3)C2)n1. The normalized spacial score (nSPS) is 24.8. The van der Waals surface area contributed by atoms with E-state index in [9.17, 15) is 0 Å². The summed E-state index contributed by atoms with van der Waals surface area (Å²) >= 11 is 0. The van der Waals surface area contributed by atoms with Crippen molar-refractivity contribution in [2.75, 3.05) is 32.8 Å². The molecule has 166 valence electrons. The molecule has 1 saturated carbocycles. The number of nitrogens with zero attached hydrogens (tertiary/aromatic N) is 3. The number of aromatic nitrogens is 2. The molecule has 1 aromatic carbocycles. The van der Waals surface area contributed by atoms with Gasteiger partial charge < -0.3 is 10.1 Å². The van der Waals surface area contributed by atoms with Gasteiger partial charge in [0.2, 0.25) is 0 Å². The molecule has 2 saturated heterocycles. The van der Waals surface area contributed by atoms with Crippen LogP contribution < -0.4 is 10.1 Å². The average Bonchev–Trinajstić information content (AvgIpc) is 3.27. The van der Waals surface area contributed by atoms with Crippen LogP contribution in [0.4, 0.5) is 0 Å². The van der Waals surface area contributed by atoms with Crippen LogP contribution in [0.3, 0.4) is 0 Å². The summed E-state index contributed by atoms with van der Waals surface area (Å²) in [5.74, 6) is 1.82. The molecule has 0 amide bonds. The molecule has 3 heterocycles. The summed E-state index contributed by atoms with van der Waals surface area (Å²) < 4.78 is 6.06. The van der Waals surface area contributed by atoms with Gasteiger partial charge in [-0.1, -0.05) is 24.3 Å². The fourth-order valence-electron chi connectivity index (χ4n) is 5.39. The van der Waals surface area contributed by atoms with Crippen LogP contribution in [0.25, 0.3) is 0 Å². The first-order valence-electron chi connectivity index (χ1n) is 12.2. The Morgan fingerprint density at radius 1 is 1.00 bits per heavy atom. The van der Waals surface area contributed by atoms with Gasteiger partial charge >= 0.3 is 6.01 Å². The van der Waals surface area contributed by atoms with Crippen LogP contribution in [0.1, 0.15) is 72.9 Å². The summed E-state index contributed by atoms with van der Waals surface area (Å²) in [6.45, 7) is 8.56. The van der Waals surface area contributed by atoms with E-state index in [0.717, 1.165) is 50.5 Å². The van der Waals surface area contributed by atoms with E-state index in [1.807, 2.05) is 6.92 Å². The Morgan fingerprint density at radius 2 is 1.74 bits per heavy atom. The first kappa shape index (κ1) is 20.9. The van der Waals surface area contributed by atoms with E-state index in [4.69, 9.17) is 9.72 Å². The summed E-state index contributed by atoms with van der Waals surface area (Å²) in [5, 5.41) is 3.43. The van der Waals surface area contributed by atoms with Crippen LogP contribution in [0.2, 0.25) is 0 Å². The van der Waals surface area contributed by atoms with Crippen molar-refractivity contribution in [1.29, 1.82) is 0 Å². The highest BCUT2D eigenvalue weighted by Crippen LogP contribution is 2.41. The van der Waals surface area contributed by atoms with Crippen LogP contribution in [-0.2, 0) is 6.54 Å². The lowest BCUT2D eigenvalue weighted by Gasteiger charge is -2.35. The van der Waals surface area contributed by atoms with Gasteiger partial charge in [0, 0.05) is 18.2 Å². The van der Waals surface area contributed by atoms with E-state index in [0.29, 0.717) is 23.8 Å². The molecule has 3 fully saturated rings. The number of ether oxygens (including phenoxy) is 1. The zero-order valence-electron chi connectivity index (χ0n) is 18.9. The topological polar surface area (TPSA) is 50.3 Å². The number of aryl methyl sites for hydroxylation is 1. The predicted molar refractivity (Wildman–Crippen MR) is 124 cm³/mol. The van der Waals surface area contributed by atoms with E-state index < -0.39 is 0 Å². The lowest BCUT2D eigenvalue weighted by Crippen LogP contribution is -2.28. The molecule has 1 aromatic heterocycles. The fourth-order valence-corrected chi connectivity index (χ4v) is 5.39. The summed E-state index contributed by atoms with van der Waals surface area (Å²) in [6.07, 6.45) is 7.43. The summed E-state index contributed by atoms with van der Waals surface area (Å²) in [5.41, 5.74) is 5.11.